The SMILES string of the molecule is NC(=S)c1cnc2ccccc2c1NC1CCS(=O)CC1. The third-order valence-corrected chi connectivity index (χ3v) is 5.38. The quantitative estimate of drug-likeness (QED) is 0.849. The molecule has 0 amide bonds. The molecule has 4 nitrogen and oxygen atoms in total. The van der Waals surface area contributed by atoms with Gasteiger partial charge in [0.05, 0.1) is 16.8 Å². The largest absolute Gasteiger partial charge is 0.389 e. The van der Waals surface area contributed by atoms with Gasteiger partial charge in [-0.3, -0.25) is 9.19 Å². The number of hydrogen-bond donors (Lipinski definition) is 2. The first kappa shape index (κ1) is 14.4. The van der Waals surface area contributed by atoms with E-state index in [-0.39, 0.29) is 0 Å². The van der Waals surface area contributed by atoms with Gasteiger partial charge in [-0.1, -0.05) is 30.4 Å². The monoisotopic (exact) mass is 319 g/mol. The van der Waals surface area contributed by atoms with Crippen molar-refractivity contribution in [2.45, 2.75) is 18.9 Å². The van der Waals surface area contributed by atoms with Crippen LogP contribution in [-0.4, -0.2) is 31.7 Å². The van der Waals surface area contributed by atoms with Crippen molar-refractivity contribution in [3.8, 4) is 0 Å². The van der Waals surface area contributed by atoms with Crippen molar-refractivity contribution in [3.63, 3.8) is 0 Å². The van der Waals surface area contributed by atoms with Crippen LogP contribution in [0.5, 0.6) is 0 Å². The van der Waals surface area contributed by atoms with E-state index in [1.165, 1.54) is 0 Å². The summed E-state index contributed by atoms with van der Waals surface area (Å²) in [6.45, 7) is 0. The molecule has 0 unspecified atom stereocenters. The minimum atomic E-state index is -0.663. The van der Waals surface area contributed by atoms with Crippen molar-refractivity contribution >= 4 is 44.6 Å². The lowest BCUT2D eigenvalue weighted by atomic mass is 10.1. The molecule has 0 aliphatic carbocycles. The fourth-order valence-corrected chi connectivity index (χ4v) is 4.08. The number of para-hydroxylation sites is 1. The summed E-state index contributed by atoms with van der Waals surface area (Å²) in [6, 6.07) is 8.24. The van der Waals surface area contributed by atoms with E-state index in [1.807, 2.05) is 24.3 Å². The van der Waals surface area contributed by atoms with Crippen molar-refractivity contribution < 1.29 is 4.21 Å². The van der Waals surface area contributed by atoms with Crippen LogP contribution in [0.2, 0.25) is 0 Å². The minimum absolute atomic E-state index is 0.307. The van der Waals surface area contributed by atoms with Crippen molar-refractivity contribution in [1.82, 2.24) is 4.98 Å². The van der Waals surface area contributed by atoms with E-state index in [1.54, 1.807) is 6.20 Å². The van der Waals surface area contributed by atoms with Crippen LogP contribution in [0, 0.1) is 0 Å². The van der Waals surface area contributed by atoms with E-state index >= 15 is 0 Å². The standard InChI is InChI=1S/C15H17N3OS2/c16-15(20)12-9-17-13-4-2-1-3-11(13)14(12)18-10-5-7-21(19)8-6-10/h1-4,9-10H,5-8H2,(H2,16,20)(H,17,18). The van der Waals surface area contributed by atoms with Gasteiger partial charge in [0.1, 0.15) is 4.99 Å². The van der Waals surface area contributed by atoms with Crippen LogP contribution in [0.4, 0.5) is 5.69 Å². The summed E-state index contributed by atoms with van der Waals surface area (Å²) in [5.74, 6) is 1.51. The molecule has 1 aromatic carbocycles. The van der Waals surface area contributed by atoms with Crippen LogP contribution < -0.4 is 11.1 Å². The Labute approximate surface area is 131 Å². The molecule has 1 aromatic heterocycles. The fourth-order valence-electron chi connectivity index (χ4n) is 2.63. The van der Waals surface area contributed by atoms with Crippen LogP contribution in [-0.2, 0) is 10.8 Å². The first-order valence-electron chi connectivity index (χ1n) is 6.94. The number of nitrogens with zero attached hydrogens (tertiary/aromatic N) is 1. The van der Waals surface area contributed by atoms with Gasteiger partial charge in [0.15, 0.2) is 0 Å². The first-order valence-corrected chi connectivity index (χ1v) is 8.84. The number of nitrogens with two attached hydrogens (primary N) is 1. The Morgan fingerprint density at radius 3 is 2.76 bits per heavy atom. The summed E-state index contributed by atoms with van der Waals surface area (Å²) in [5.41, 5.74) is 8.47. The molecule has 1 aliphatic heterocycles. The van der Waals surface area contributed by atoms with Crippen LogP contribution in [0.3, 0.4) is 0 Å². The van der Waals surface area contributed by atoms with Crippen LogP contribution in [0.25, 0.3) is 10.9 Å². The van der Waals surface area contributed by atoms with Crippen molar-refractivity contribution in [2.75, 3.05) is 16.8 Å². The molecule has 2 aromatic rings. The molecule has 110 valence electrons. The summed E-state index contributed by atoms with van der Waals surface area (Å²) < 4.78 is 11.5. The Hall–Kier alpha value is -1.53. The molecule has 0 spiro atoms. The van der Waals surface area contributed by atoms with E-state index in [9.17, 15) is 4.21 Å². The molecule has 6 heteroatoms. The second-order valence-electron chi connectivity index (χ2n) is 5.19. The average Bonchev–Trinajstić information content (AvgIpc) is 2.49. The Bertz CT molecular complexity index is 707. The van der Waals surface area contributed by atoms with Crippen molar-refractivity contribution in [3.05, 3.63) is 36.0 Å². The number of fused-ring (bicyclic) bond motifs is 1. The van der Waals surface area contributed by atoms with Gasteiger partial charge in [-0.2, -0.15) is 0 Å². The fraction of sp³-hybridized carbons (Fsp3) is 0.333. The number of pyridine rings is 1. The number of benzene rings is 1. The lowest BCUT2D eigenvalue weighted by Gasteiger charge is -2.25. The molecule has 3 rings (SSSR count). The molecule has 1 fully saturated rings. The van der Waals surface area contributed by atoms with Gasteiger partial charge in [0, 0.05) is 39.9 Å². The summed E-state index contributed by atoms with van der Waals surface area (Å²) in [5, 5.41) is 4.58. The first-order chi connectivity index (χ1) is 10.1. The molecule has 0 saturated carbocycles. The number of aromatic nitrogens is 1. The lowest BCUT2D eigenvalue weighted by Crippen LogP contribution is -2.30. The molecule has 0 radical (unpaired) electrons. The Morgan fingerprint density at radius 2 is 2.05 bits per heavy atom. The maximum atomic E-state index is 11.5. The van der Waals surface area contributed by atoms with Crippen LogP contribution in [0.1, 0.15) is 18.4 Å². The highest BCUT2D eigenvalue weighted by molar-refractivity contribution is 7.85. The molecule has 1 aliphatic rings. The number of thiocarbonyl (C=S) groups is 1. The molecule has 21 heavy (non-hydrogen) atoms. The summed E-state index contributed by atoms with van der Waals surface area (Å²) in [6.07, 6.45) is 3.54. The Balaban J connectivity index is 2.00. The Kier molecular flexibility index (Phi) is 4.17. The molecule has 1 saturated heterocycles. The van der Waals surface area contributed by atoms with Crippen molar-refractivity contribution in [1.29, 1.82) is 0 Å². The number of anilines is 1. The highest BCUT2D eigenvalue weighted by Gasteiger charge is 2.20. The summed E-state index contributed by atoms with van der Waals surface area (Å²) in [7, 11) is -0.663. The van der Waals surface area contributed by atoms with E-state index in [0.717, 1.165) is 46.5 Å². The summed E-state index contributed by atoms with van der Waals surface area (Å²) >= 11 is 5.15. The lowest BCUT2D eigenvalue weighted by molar-refractivity contribution is 0.624. The van der Waals surface area contributed by atoms with Gasteiger partial charge in [-0.15, -0.1) is 0 Å². The normalized spacial score (nSPS) is 22.1. The van der Waals surface area contributed by atoms with Crippen LogP contribution >= 0.6 is 12.2 Å². The Morgan fingerprint density at radius 1 is 1.33 bits per heavy atom. The highest BCUT2D eigenvalue weighted by Crippen LogP contribution is 2.28. The second-order valence-corrected chi connectivity index (χ2v) is 7.33. The molecule has 0 atom stereocenters. The average molecular weight is 319 g/mol. The number of nitrogens with one attached hydrogen (secondary N) is 1. The molecule has 3 N–H and O–H groups in total. The third-order valence-electron chi connectivity index (χ3n) is 3.78. The zero-order valence-electron chi connectivity index (χ0n) is 11.5. The van der Waals surface area contributed by atoms with Crippen molar-refractivity contribution in [2.24, 2.45) is 5.73 Å². The maximum absolute atomic E-state index is 11.5. The molecular weight excluding hydrogens is 302 g/mol. The highest BCUT2D eigenvalue weighted by atomic mass is 32.2. The van der Waals surface area contributed by atoms with Gasteiger partial charge in [-0.05, 0) is 18.9 Å². The smallest absolute Gasteiger partial charge is 0.107 e. The van der Waals surface area contributed by atoms with E-state index in [4.69, 9.17) is 18.0 Å². The molecular formula is C15H17N3OS2. The van der Waals surface area contributed by atoms with Gasteiger partial charge in [-0.25, -0.2) is 0 Å². The van der Waals surface area contributed by atoms with Gasteiger partial charge < -0.3 is 11.1 Å². The molecule has 0 bridgehead atoms. The van der Waals surface area contributed by atoms with Gasteiger partial charge in [0.2, 0.25) is 0 Å². The van der Waals surface area contributed by atoms with Gasteiger partial charge >= 0.3 is 0 Å². The van der Waals surface area contributed by atoms with E-state index in [0.29, 0.717) is 11.0 Å². The third kappa shape index (κ3) is 3.06. The second kappa shape index (κ2) is 6.07. The molecule has 2 heterocycles. The number of hydrogen-bond acceptors (Lipinski definition) is 4. The predicted molar refractivity (Wildman–Crippen MR) is 92.2 cm³/mol. The van der Waals surface area contributed by atoms with E-state index < -0.39 is 10.8 Å². The predicted octanol–water partition coefficient (Wildman–Crippen LogP) is 2.19. The zero-order valence-corrected chi connectivity index (χ0v) is 13.2. The topological polar surface area (TPSA) is 68.0 Å². The van der Waals surface area contributed by atoms with Crippen LogP contribution in [0.15, 0.2) is 30.5 Å². The van der Waals surface area contributed by atoms with E-state index in [2.05, 4.69) is 10.3 Å². The summed E-state index contributed by atoms with van der Waals surface area (Å²) in [4.78, 5) is 4.75. The van der Waals surface area contributed by atoms with Gasteiger partial charge in [0.25, 0.3) is 0 Å². The number of rotatable bonds is 3. The zero-order chi connectivity index (χ0) is 14.8. The minimum Gasteiger partial charge on any atom is -0.389 e. The maximum Gasteiger partial charge on any atom is 0.107 e.